The quantitative estimate of drug-likeness (QED) is 0.835. The van der Waals surface area contributed by atoms with Gasteiger partial charge in [0.05, 0.1) is 18.2 Å². The van der Waals surface area contributed by atoms with Crippen LogP contribution in [0.4, 0.5) is 0 Å². The van der Waals surface area contributed by atoms with Crippen LogP contribution in [-0.2, 0) is 0 Å². The van der Waals surface area contributed by atoms with Crippen molar-refractivity contribution in [1.29, 1.82) is 0 Å². The predicted molar refractivity (Wildman–Crippen MR) is 74.0 cm³/mol. The second-order valence-electron chi connectivity index (χ2n) is 4.93. The molecule has 19 heavy (non-hydrogen) atoms. The molecule has 0 spiro atoms. The number of phenolic OH excluding ortho intramolecular Hbond substituents is 1. The van der Waals surface area contributed by atoms with E-state index < -0.39 is 0 Å². The number of methoxy groups -OCH3 is 1. The van der Waals surface area contributed by atoms with E-state index in [9.17, 15) is 9.90 Å². The molecule has 2 rings (SSSR count). The molecule has 0 aromatic heterocycles. The molecule has 1 saturated carbocycles. The number of benzene rings is 1. The zero-order valence-electron chi connectivity index (χ0n) is 10.9. The summed E-state index contributed by atoms with van der Waals surface area (Å²) in [6.07, 6.45) is 3.90. The van der Waals surface area contributed by atoms with Crippen molar-refractivity contribution in [2.45, 2.75) is 31.2 Å². The van der Waals surface area contributed by atoms with Crippen LogP contribution in [0.15, 0.2) is 18.2 Å². The van der Waals surface area contributed by atoms with E-state index in [1.165, 1.54) is 7.11 Å². The molecule has 104 valence electrons. The molecule has 1 aromatic rings. The highest BCUT2D eigenvalue weighted by Gasteiger charge is 2.35. The largest absolute Gasteiger partial charge is 0.504 e. The van der Waals surface area contributed by atoms with Crippen LogP contribution < -0.4 is 10.1 Å². The van der Waals surface area contributed by atoms with Crippen LogP contribution in [-0.4, -0.2) is 29.5 Å². The second kappa shape index (κ2) is 5.70. The van der Waals surface area contributed by atoms with Gasteiger partial charge in [-0.15, -0.1) is 11.6 Å². The van der Waals surface area contributed by atoms with Crippen LogP contribution in [0.25, 0.3) is 0 Å². The summed E-state index contributed by atoms with van der Waals surface area (Å²) in [7, 11) is 1.45. The van der Waals surface area contributed by atoms with Crippen molar-refractivity contribution >= 4 is 17.5 Å². The van der Waals surface area contributed by atoms with E-state index in [4.69, 9.17) is 16.3 Å². The minimum Gasteiger partial charge on any atom is -0.504 e. The van der Waals surface area contributed by atoms with E-state index in [2.05, 4.69) is 5.32 Å². The number of ether oxygens (including phenoxy) is 1. The molecule has 0 radical (unpaired) electrons. The lowest BCUT2D eigenvalue weighted by Gasteiger charge is -2.28. The fourth-order valence-electron chi connectivity index (χ4n) is 2.52. The Kier molecular flexibility index (Phi) is 4.20. The Morgan fingerprint density at radius 3 is 2.74 bits per heavy atom. The summed E-state index contributed by atoms with van der Waals surface area (Å²) in [5.41, 5.74) is -0.121. The number of nitrogens with one attached hydrogen (secondary N) is 1. The Bertz CT molecular complexity index is 470. The number of aromatic hydroxyl groups is 1. The Morgan fingerprint density at radius 2 is 2.16 bits per heavy atom. The van der Waals surface area contributed by atoms with Crippen molar-refractivity contribution in [2.75, 3.05) is 13.0 Å². The number of hydrogen-bond acceptors (Lipinski definition) is 3. The first-order chi connectivity index (χ1) is 9.12. The van der Waals surface area contributed by atoms with Gasteiger partial charge in [0.2, 0.25) is 0 Å². The summed E-state index contributed by atoms with van der Waals surface area (Å²) in [6.45, 7) is 0. The molecule has 1 amide bonds. The minimum atomic E-state index is -0.339. The monoisotopic (exact) mass is 283 g/mol. The molecular formula is C14H18ClNO3. The summed E-state index contributed by atoms with van der Waals surface area (Å²) in [5.74, 6) is 0.242. The third kappa shape index (κ3) is 2.78. The first-order valence-corrected chi connectivity index (χ1v) is 6.90. The van der Waals surface area contributed by atoms with Crippen LogP contribution >= 0.6 is 11.6 Å². The molecule has 0 atom stereocenters. The van der Waals surface area contributed by atoms with Crippen molar-refractivity contribution in [3.05, 3.63) is 23.8 Å². The van der Waals surface area contributed by atoms with E-state index in [0.717, 1.165) is 25.7 Å². The fourth-order valence-corrected chi connectivity index (χ4v) is 2.86. The normalized spacial score (nSPS) is 17.2. The zero-order chi connectivity index (χ0) is 13.9. The topological polar surface area (TPSA) is 58.6 Å². The van der Waals surface area contributed by atoms with E-state index in [1.807, 2.05) is 0 Å². The van der Waals surface area contributed by atoms with Gasteiger partial charge in [0, 0.05) is 5.88 Å². The van der Waals surface area contributed by atoms with Gasteiger partial charge in [0.25, 0.3) is 5.91 Å². The first kappa shape index (κ1) is 14.0. The van der Waals surface area contributed by atoms with Gasteiger partial charge in [-0.05, 0) is 25.0 Å². The van der Waals surface area contributed by atoms with Gasteiger partial charge in [-0.25, -0.2) is 0 Å². The highest BCUT2D eigenvalue weighted by molar-refractivity contribution is 6.19. The first-order valence-electron chi connectivity index (χ1n) is 6.36. The van der Waals surface area contributed by atoms with E-state index in [-0.39, 0.29) is 22.8 Å². The van der Waals surface area contributed by atoms with Gasteiger partial charge in [-0.1, -0.05) is 18.9 Å². The molecule has 1 fully saturated rings. The molecule has 0 aliphatic heterocycles. The van der Waals surface area contributed by atoms with Crippen LogP contribution in [0.2, 0.25) is 0 Å². The maximum atomic E-state index is 12.3. The van der Waals surface area contributed by atoms with Crippen LogP contribution in [0.1, 0.15) is 36.0 Å². The lowest BCUT2D eigenvalue weighted by molar-refractivity contribution is 0.0906. The maximum Gasteiger partial charge on any atom is 0.255 e. The van der Waals surface area contributed by atoms with Gasteiger partial charge in [-0.2, -0.15) is 0 Å². The number of carbonyl (C=O) groups is 1. The fraction of sp³-hybridized carbons (Fsp3) is 0.500. The Labute approximate surface area is 117 Å². The molecule has 1 aliphatic rings. The minimum absolute atomic E-state index is 0.134. The Hall–Kier alpha value is -1.42. The Balaban J connectivity index is 2.20. The van der Waals surface area contributed by atoms with Crippen molar-refractivity contribution in [1.82, 2.24) is 5.32 Å². The van der Waals surface area contributed by atoms with Gasteiger partial charge >= 0.3 is 0 Å². The molecular weight excluding hydrogens is 266 g/mol. The van der Waals surface area contributed by atoms with Gasteiger partial charge in [-0.3, -0.25) is 4.79 Å². The SMILES string of the molecule is COc1cccc(C(=O)NC2(CCl)CCCC2)c1O. The average molecular weight is 284 g/mol. The molecule has 0 unspecified atom stereocenters. The number of rotatable bonds is 4. The highest BCUT2D eigenvalue weighted by Crippen LogP contribution is 2.33. The second-order valence-corrected chi connectivity index (χ2v) is 5.20. The Morgan fingerprint density at radius 1 is 1.47 bits per heavy atom. The summed E-state index contributed by atoms with van der Waals surface area (Å²) in [5, 5.41) is 12.9. The van der Waals surface area contributed by atoms with Gasteiger partial charge < -0.3 is 15.2 Å². The number of amides is 1. The number of alkyl halides is 1. The number of hydrogen-bond donors (Lipinski definition) is 2. The van der Waals surface area contributed by atoms with Crippen LogP contribution in [0.3, 0.4) is 0 Å². The van der Waals surface area contributed by atoms with Crippen molar-refractivity contribution in [3.63, 3.8) is 0 Å². The molecule has 4 nitrogen and oxygen atoms in total. The third-order valence-electron chi connectivity index (χ3n) is 3.66. The molecule has 1 aliphatic carbocycles. The number of halogens is 1. The summed E-state index contributed by atoms with van der Waals surface area (Å²) >= 11 is 5.99. The molecule has 0 saturated heterocycles. The molecule has 1 aromatic carbocycles. The lowest BCUT2D eigenvalue weighted by atomic mass is 9.99. The predicted octanol–water partition coefficient (Wildman–Crippen LogP) is 2.68. The molecule has 5 heteroatoms. The lowest BCUT2D eigenvalue weighted by Crippen LogP contribution is -2.47. The van der Waals surface area contributed by atoms with E-state index in [1.54, 1.807) is 18.2 Å². The molecule has 0 bridgehead atoms. The molecule has 2 N–H and O–H groups in total. The van der Waals surface area contributed by atoms with E-state index >= 15 is 0 Å². The number of para-hydroxylation sites is 1. The highest BCUT2D eigenvalue weighted by atomic mass is 35.5. The van der Waals surface area contributed by atoms with Crippen molar-refractivity contribution in [2.24, 2.45) is 0 Å². The average Bonchev–Trinajstić information content (AvgIpc) is 2.88. The number of phenols is 1. The van der Waals surface area contributed by atoms with Crippen molar-refractivity contribution < 1.29 is 14.6 Å². The maximum absolute atomic E-state index is 12.3. The summed E-state index contributed by atoms with van der Waals surface area (Å²) in [4.78, 5) is 12.3. The zero-order valence-corrected chi connectivity index (χ0v) is 11.7. The van der Waals surface area contributed by atoms with Crippen molar-refractivity contribution in [3.8, 4) is 11.5 Å². The van der Waals surface area contributed by atoms with Gasteiger partial charge in [0.15, 0.2) is 11.5 Å². The smallest absolute Gasteiger partial charge is 0.255 e. The van der Waals surface area contributed by atoms with Crippen LogP contribution in [0.5, 0.6) is 11.5 Å². The summed E-state index contributed by atoms with van der Waals surface area (Å²) < 4.78 is 5.00. The standard InChI is InChI=1S/C14H18ClNO3/c1-19-11-6-4-5-10(12(11)17)13(18)16-14(9-15)7-2-3-8-14/h4-6,17H,2-3,7-9H2,1H3,(H,16,18). The van der Waals surface area contributed by atoms with Crippen LogP contribution in [0, 0.1) is 0 Å². The van der Waals surface area contributed by atoms with Gasteiger partial charge in [0.1, 0.15) is 0 Å². The molecule has 0 heterocycles. The van der Waals surface area contributed by atoms with E-state index in [0.29, 0.717) is 11.6 Å². The number of carbonyl (C=O) groups excluding carboxylic acids is 1. The summed E-state index contributed by atoms with van der Waals surface area (Å²) in [6, 6.07) is 4.86. The third-order valence-corrected chi connectivity index (χ3v) is 4.17.